The van der Waals surface area contributed by atoms with Gasteiger partial charge in [0.1, 0.15) is 5.54 Å². The molecule has 90 valence electrons. The normalized spacial score (nSPS) is 30.2. The van der Waals surface area contributed by atoms with Crippen molar-refractivity contribution in [3.8, 4) is 0 Å². The number of carboxylic acid groups (broad SMARTS) is 1. The van der Waals surface area contributed by atoms with Crippen molar-refractivity contribution < 1.29 is 14.7 Å². The number of nitrogens with zero attached hydrogens (tertiary/aromatic N) is 1. The van der Waals surface area contributed by atoms with Gasteiger partial charge in [-0.25, -0.2) is 4.79 Å². The van der Waals surface area contributed by atoms with E-state index < -0.39 is 11.5 Å². The maximum Gasteiger partial charge on any atom is 0.329 e. The summed E-state index contributed by atoms with van der Waals surface area (Å²) in [7, 11) is 0. The summed E-state index contributed by atoms with van der Waals surface area (Å²) >= 11 is 0. The number of amides is 1. The van der Waals surface area contributed by atoms with Gasteiger partial charge in [-0.05, 0) is 38.5 Å². The fourth-order valence-electron chi connectivity index (χ4n) is 2.64. The van der Waals surface area contributed by atoms with Crippen LogP contribution in [0.2, 0.25) is 0 Å². The second kappa shape index (κ2) is 4.07. The summed E-state index contributed by atoms with van der Waals surface area (Å²) in [6.07, 6.45) is 5.40. The molecule has 4 heteroatoms. The molecule has 2 rings (SSSR count). The highest BCUT2D eigenvalue weighted by atomic mass is 16.4. The van der Waals surface area contributed by atoms with E-state index >= 15 is 0 Å². The van der Waals surface area contributed by atoms with Crippen LogP contribution in [0.5, 0.6) is 0 Å². The minimum absolute atomic E-state index is 0.0344. The Morgan fingerprint density at radius 1 is 1.38 bits per heavy atom. The topological polar surface area (TPSA) is 57.6 Å². The highest BCUT2D eigenvalue weighted by Crippen LogP contribution is 2.34. The number of hydrogen-bond acceptors (Lipinski definition) is 2. The third-order valence-electron chi connectivity index (χ3n) is 4.09. The Labute approximate surface area is 95.6 Å². The van der Waals surface area contributed by atoms with Gasteiger partial charge in [0, 0.05) is 13.0 Å². The van der Waals surface area contributed by atoms with E-state index in [1.54, 1.807) is 11.8 Å². The molecule has 0 aromatic carbocycles. The second-order valence-electron chi connectivity index (χ2n) is 5.23. The Morgan fingerprint density at radius 3 is 2.56 bits per heavy atom. The first kappa shape index (κ1) is 11.4. The molecule has 0 bridgehead atoms. The van der Waals surface area contributed by atoms with Crippen LogP contribution in [0.1, 0.15) is 45.4 Å². The Morgan fingerprint density at radius 2 is 2.06 bits per heavy atom. The van der Waals surface area contributed by atoms with Crippen LogP contribution in [0.3, 0.4) is 0 Å². The third kappa shape index (κ3) is 1.81. The predicted molar refractivity (Wildman–Crippen MR) is 58.9 cm³/mol. The zero-order valence-corrected chi connectivity index (χ0v) is 9.74. The summed E-state index contributed by atoms with van der Waals surface area (Å²) in [6, 6.07) is 0. The predicted octanol–water partition coefficient (Wildman–Crippen LogP) is 1.64. The molecule has 1 aliphatic carbocycles. The van der Waals surface area contributed by atoms with Crippen LogP contribution in [0, 0.1) is 5.92 Å². The van der Waals surface area contributed by atoms with Gasteiger partial charge in [0.05, 0.1) is 0 Å². The van der Waals surface area contributed by atoms with Crippen molar-refractivity contribution >= 4 is 11.9 Å². The molecule has 0 radical (unpaired) electrons. The summed E-state index contributed by atoms with van der Waals surface area (Å²) < 4.78 is 0. The Kier molecular flexibility index (Phi) is 2.91. The van der Waals surface area contributed by atoms with E-state index in [1.165, 1.54) is 6.42 Å². The van der Waals surface area contributed by atoms with Crippen LogP contribution < -0.4 is 0 Å². The van der Waals surface area contributed by atoms with Crippen molar-refractivity contribution in [2.75, 3.05) is 6.54 Å². The van der Waals surface area contributed by atoms with Gasteiger partial charge in [0.25, 0.3) is 0 Å². The molecular weight excluding hydrogens is 206 g/mol. The lowest BCUT2D eigenvalue weighted by atomic mass is 9.82. The van der Waals surface area contributed by atoms with Crippen molar-refractivity contribution in [1.29, 1.82) is 0 Å². The fraction of sp³-hybridized carbons (Fsp3) is 0.833. The number of carbonyl (C=O) groups excluding carboxylic acids is 1. The van der Waals surface area contributed by atoms with Crippen LogP contribution in [0.4, 0.5) is 0 Å². The van der Waals surface area contributed by atoms with Crippen LogP contribution in [-0.4, -0.2) is 34.0 Å². The van der Waals surface area contributed by atoms with Crippen molar-refractivity contribution in [3.05, 3.63) is 0 Å². The summed E-state index contributed by atoms with van der Waals surface area (Å²) in [4.78, 5) is 24.8. The average molecular weight is 225 g/mol. The van der Waals surface area contributed by atoms with Crippen molar-refractivity contribution in [3.63, 3.8) is 0 Å². The van der Waals surface area contributed by atoms with Gasteiger partial charge < -0.3 is 10.0 Å². The molecule has 1 saturated carbocycles. The Balaban J connectivity index is 2.01. The minimum Gasteiger partial charge on any atom is -0.480 e. The first-order valence-electron chi connectivity index (χ1n) is 6.08. The van der Waals surface area contributed by atoms with Gasteiger partial charge in [-0.15, -0.1) is 0 Å². The van der Waals surface area contributed by atoms with Gasteiger partial charge >= 0.3 is 5.97 Å². The highest BCUT2D eigenvalue weighted by Gasteiger charge is 2.46. The van der Waals surface area contributed by atoms with Gasteiger partial charge in [0.15, 0.2) is 0 Å². The lowest BCUT2D eigenvalue weighted by molar-refractivity contribution is -0.155. The second-order valence-corrected chi connectivity index (χ2v) is 5.23. The maximum absolute atomic E-state index is 12.0. The molecule has 1 aliphatic heterocycles. The third-order valence-corrected chi connectivity index (χ3v) is 4.09. The van der Waals surface area contributed by atoms with Crippen molar-refractivity contribution in [1.82, 2.24) is 4.90 Å². The van der Waals surface area contributed by atoms with E-state index in [0.29, 0.717) is 25.3 Å². The van der Waals surface area contributed by atoms with Crippen LogP contribution in [0.15, 0.2) is 0 Å². The first-order chi connectivity index (χ1) is 7.54. The molecule has 1 heterocycles. The molecular formula is C12H19NO3. The number of likely N-dealkylation sites (tertiary alicyclic amines) is 1. The standard InChI is InChI=1S/C12H19NO3/c1-12(11(15)16)6-3-7-13(12)10(14)8-9-4-2-5-9/h9H,2-8H2,1H3,(H,15,16). The SMILES string of the molecule is CC1(C(=O)O)CCCN1C(=O)CC1CCC1. The first-order valence-corrected chi connectivity index (χ1v) is 6.08. The molecule has 0 spiro atoms. The molecule has 1 amide bonds. The van der Waals surface area contributed by atoms with E-state index in [9.17, 15) is 14.7 Å². The van der Waals surface area contributed by atoms with E-state index in [-0.39, 0.29) is 5.91 Å². The summed E-state index contributed by atoms with van der Waals surface area (Å²) in [5, 5.41) is 9.20. The maximum atomic E-state index is 12.0. The van der Waals surface area contributed by atoms with Gasteiger partial charge in [-0.3, -0.25) is 4.79 Å². The van der Waals surface area contributed by atoms with E-state index in [4.69, 9.17) is 0 Å². The fourth-order valence-corrected chi connectivity index (χ4v) is 2.64. The quantitative estimate of drug-likeness (QED) is 0.794. The lowest BCUT2D eigenvalue weighted by Crippen LogP contribution is -2.51. The molecule has 0 aromatic heterocycles. The van der Waals surface area contributed by atoms with E-state index in [0.717, 1.165) is 19.3 Å². The number of carbonyl (C=O) groups is 2. The smallest absolute Gasteiger partial charge is 0.329 e. The Hall–Kier alpha value is -1.06. The summed E-state index contributed by atoms with van der Waals surface area (Å²) in [6.45, 7) is 2.27. The molecule has 2 fully saturated rings. The number of carboxylic acids is 1. The molecule has 0 aromatic rings. The Bertz CT molecular complexity index is 311. The summed E-state index contributed by atoms with van der Waals surface area (Å²) in [5.41, 5.74) is -0.958. The highest BCUT2D eigenvalue weighted by molar-refractivity contribution is 5.87. The number of rotatable bonds is 3. The average Bonchev–Trinajstić information content (AvgIpc) is 2.55. The lowest BCUT2D eigenvalue weighted by Gasteiger charge is -2.34. The molecule has 1 saturated heterocycles. The van der Waals surface area contributed by atoms with Gasteiger partial charge in [-0.1, -0.05) is 6.42 Å². The van der Waals surface area contributed by atoms with E-state index in [1.807, 2.05) is 0 Å². The molecule has 16 heavy (non-hydrogen) atoms. The summed E-state index contributed by atoms with van der Waals surface area (Å²) in [5.74, 6) is -0.329. The van der Waals surface area contributed by atoms with Crippen LogP contribution >= 0.6 is 0 Å². The zero-order valence-electron chi connectivity index (χ0n) is 9.74. The van der Waals surface area contributed by atoms with E-state index in [2.05, 4.69) is 0 Å². The molecule has 1 unspecified atom stereocenters. The van der Waals surface area contributed by atoms with Crippen molar-refractivity contribution in [2.45, 2.75) is 51.0 Å². The van der Waals surface area contributed by atoms with Gasteiger partial charge in [0.2, 0.25) is 5.91 Å². The molecule has 2 aliphatic rings. The van der Waals surface area contributed by atoms with Crippen LogP contribution in [-0.2, 0) is 9.59 Å². The monoisotopic (exact) mass is 225 g/mol. The van der Waals surface area contributed by atoms with Crippen molar-refractivity contribution in [2.24, 2.45) is 5.92 Å². The van der Waals surface area contributed by atoms with Crippen LogP contribution in [0.25, 0.3) is 0 Å². The largest absolute Gasteiger partial charge is 0.480 e. The molecule has 1 atom stereocenters. The zero-order chi connectivity index (χ0) is 11.8. The molecule has 1 N–H and O–H groups in total. The number of hydrogen-bond donors (Lipinski definition) is 1. The van der Waals surface area contributed by atoms with Gasteiger partial charge in [-0.2, -0.15) is 0 Å². The molecule has 4 nitrogen and oxygen atoms in total. The minimum atomic E-state index is -0.958. The number of aliphatic carboxylic acids is 1.